The third-order valence-electron chi connectivity index (χ3n) is 5.97. The molecule has 1 amide bonds. The minimum absolute atomic E-state index is 0.0223. The number of aromatic nitrogens is 4. The lowest BCUT2D eigenvalue weighted by atomic mass is 9.97. The van der Waals surface area contributed by atoms with Crippen LogP contribution in [0, 0.1) is 0 Å². The van der Waals surface area contributed by atoms with Crippen LogP contribution in [0.15, 0.2) is 74.1 Å². The maximum absolute atomic E-state index is 12.7. The highest BCUT2D eigenvalue weighted by molar-refractivity contribution is 6.02. The van der Waals surface area contributed by atoms with E-state index in [-0.39, 0.29) is 30.1 Å². The number of carbonyl (C=O) groups excluding carboxylic acids is 1. The Hall–Kier alpha value is -4.66. The summed E-state index contributed by atoms with van der Waals surface area (Å²) in [5.41, 5.74) is 9.81. The molecule has 0 radical (unpaired) electrons. The average molecular weight is 469 g/mol. The number of ether oxygens (including phenoxy) is 1. The van der Waals surface area contributed by atoms with Crippen molar-refractivity contribution in [3.63, 3.8) is 0 Å². The lowest BCUT2D eigenvalue weighted by Gasteiger charge is -2.34. The first kappa shape index (κ1) is 22.1. The summed E-state index contributed by atoms with van der Waals surface area (Å²) in [4.78, 5) is 23.0. The molecule has 0 bridgehead atoms. The number of aromatic hydroxyl groups is 1. The van der Waals surface area contributed by atoms with Crippen LogP contribution in [0.4, 0.5) is 11.5 Å². The number of rotatable bonds is 6. The maximum Gasteiger partial charge on any atom is 0.250 e. The van der Waals surface area contributed by atoms with Gasteiger partial charge in [-0.15, -0.1) is 0 Å². The molecule has 1 atom stereocenters. The Kier molecular flexibility index (Phi) is 5.66. The summed E-state index contributed by atoms with van der Waals surface area (Å²) in [6.45, 7) is 7.99. The van der Waals surface area contributed by atoms with Crippen LogP contribution in [0.2, 0.25) is 0 Å². The summed E-state index contributed by atoms with van der Waals surface area (Å²) < 4.78 is 7.41. The Morgan fingerprint density at radius 3 is 2.86 bits per heavy atom. The fourth-order valence-corrected chi connectivity index (χ4v) is 4.47. The van der Waals surface area contributed by atoms with Crippen molar-refractivity contribution in [3.05, 3.63) is 79.7 Å². The molecule has 0 aliphatic carbocycles. The van der Waals surface area contributed by atoms with Crippen LogP contribution in [0.5, 0.6) is 11.5 Å². The molecule has 35 heavy (non-hydrogen) atoms. The first-order valence-electron chi connectivity index (χ1n) is 11.1. The minimum atomic E-state index is -0.215. The zero-order chi connectivity index (χ0) is 24.5. The van der Waals surface area contributed by atoms with Gasteiger partial charge in [-0.25, -0.2) is 14.6 Å². The first-order valence-corrected chi connectivity index (χ1v) is 11.1. The van der Waals surface area contributed by atoms with Gasteiger partial charge in [-0.3, -0.25) is 4.79 Å². The fourth-order valence-electron chi connectivity index (χ4n) is 4.47. The van der Waals surface area contributed by atoms with Crippen molar-refractivity contribution in [3.8, 4) is 22.8 Å². The van der Waals surface area contributed by atoms with Gasteiger partial charge in [-0.1, -0.05) is 37.4 Å². The van der Waals surface area contributed by atoms with Crippen LogP contribution in [-0.4, -0.2) is 43.9 Å². The summed E-state index contributed by atoms with van der Waals surface area (Å²) in [7, 11) is 0. The maximum atomic E-state index is 12.7. The molecule has 9 heteroatoms. The Bertz CT molecular complexity index is 1460. The summed E-state index contributed by atoms with van der Waals surface area (Å²) in [6, 6.07) is 12.4. The Morgan fingerprint density at radius 2 is 2.06 bits per heavy atom. The van der Waals surface area contributed by atoms with Gasteiger partial charge in [-0.05, 0) is 36.3 Å². The van der Waals surface area contributed by atoms with Gasteiger partial charge < -0.3 is 20.5 Å². The highest BCUT2D eigenvalue weighted by Gasteiger charge is 2.31. The van der Waals surface area contributed by atoms with Crippen LogP contribution in [0.25, 0.3) is 22.3 Å². The molecule has 1 unspecified atom stereocenters. The molecular formula is C26H24N6O3. The van der Waals surface area contributed by atoms with Crippen molar-refractivity contribution in [2.45, 2.75) is 12.5 Å². The van der Waals surface area contributed by atoms with Gasteiger partial charge in [-0.2, -0.15) is 5.10 Å². The molecule has 4 aromatic rings. The molecule has 0 fully saturated rings. The van der Waals surface area contributed by atoms with Gasteiger partial charge in [0.05, 0.1) is 11.4 Å². The number of nitrogens with two attached hydrogens (primary N) is 1. The van der Waals surface area contributed by atoms with Gasteiger partial charge >= 0.3 is 0 Å². The van der Waals surface area contributed by atoms with Crippen LogP contribution >= 0.6 is 0 Å². The average Bonchev–Trinajstić information content (AvgIpc) is 3.27. The predicted molar refractivity (Wildman–Crippen MR) is 134 cm³/mol. The molecule has 5 rings (SSSR count). The molecule has 1 aliphatic rings. The SMILES string of the molecule is C=CCOc1cc(O)cc(-c2nn(C3Cc4ccccc4N(C(=O)C=C)C3)c3ncnc(N)c23)c1. The van der Waals surface area contributed by atoms with Crippen molar-refractivity contribution in [1.29, 1.82) is 0 Å². The number of anilines is 2. The molecule has 0 saturated carbocycles. The van der Waals surface area contributed by atoms with Crippen molar-refractivity contribution in [2.24, 2.45) is 0 Å². The highest BCUT2D eigenvalue weighted by atomic mass is 16.5. The lowest BCUT2D eigenvalue weighted by molar-refractivity contribution is -0.114. The van der Waals surface area contributed by atoms with E-state index in [2.05, 4.69) is 23.1 Å². The van der Waals surface area contributed by atoms with Gasteiger partial charge in [0.1, 0.15) is 35.9 Å². The fraction of sp³-hybridized carbons (Fsp3) is 0.154. The summed E-state index contributed by atoms with van der Waals surface area (Å²) in [5.74, 6) is 0.565. The van der Waals surface area contributed by atoms with E-state index in [9.17, 15) is 9.90 Å². The smallest absolute Gasteiger partial charge is 0.250 e. The number of phenolic OH excluding ortho intramolecular Hbond substituents is 1. The molecule has 9 nitrogen and oxygen atoms in total. The number of nitrogens with zero attached hydrogens (tertiary/aromatic N) is 5. The number of benzene rings is 2. The van der Waals surface area contributed by atoms with E-state index in [4.69, 9.17) is 15.6 Å². The third kappa shape index (κ3) is 3.97. The molecule has 1 aliphatic heterocycles. The second-order valence-electron chi connectivity index (χ2n) is 8.21. The number of amides is 1. The van der Waals surface area contributed by atoms with Crippen LogP contribution in [0.1, 0.15) is 11.6 Å². The third-order valence-corrected chi connectivity index (χ3v) is 5.97. The second-order valence-corrected chi connectivity index (χ2v) is 8.21. The van der Waals surface area contributed by atoms with Gasteiger partial charge in [0.2, 0.25) is 5.91 Å². The van der Waals surface area contributed by atoms with E-state index in [1.54, 1.807) is 27.8 Å². The van der Waals surface area contributed by atoms with E-state index in [0.29, 0.717) is 41.0 Å². The van der Waals surface area contributed by atoms with E-state index >= 15 is 0 Å². The second kappa shape index (κ2) is 8.94. The normalized spacial score (nSPS) is 15.0. The minimum Gasteiger partial charge on any atom is -0.508 e. The summed E-state index contributed by atoms with van der Waals surface area (Å²) >= 11 is 0. The number of carbonyl (C=O) groups is 1. The summed E-state index contributed by atoms with van der Waals surface area (Å²) in [6.07, 6.45) is 4.97. The quantitative estimate of drug-likeness (QED) is 0.327. The predicted octanol–water partition coefficient (Wildman–Crippen LogP) is 3.66. The number of para-hydroxylation sites is 1. The topological polar surface area (TPSA) is 119 Å². The van der Waals surface area contributed by atoms with E-state index in [1.807, 2.05) is 24.3 Å². The molecule has 176 valence electrons. The van der Waals surface area contributed by atoms with Crippen LogP contribution in [-0.2, 0) is 11.2 Å². The molecule has 0 saturated heterocycles. The van der Waals surface area contributed by atoms with Gasteiger partial charge in [0.25, 0.3) is 0 Å². The largest absolute Gasteiger partial charge is 0.508 e. The van der Waals surface area contributed by atoms with Crippen molar-refractivity contribution >= 4 is 28.4 Å². The van der Waals surface area contributed by atoms with Crippen LogP contribution in [0.3, 0.4) is 0 Å². The van der Waals surface area contributed by atoms with Crippen LogP contribution < -0.4 is 15.4 Å². The first-order chi connectivity index (χ1) is 17.0. The molecule has 3 heterocycles. The summed E-state index contributed by atoms with van der Waals surface area (Å²) in [5, 5.41) is 15.8. The lowest BCUT2D eigenvalue weighted by Crippen LogP contribution is -2.40. The Labute approximate surface area is 201 Å². The monoisotopic (exact) mass is 468 g/mol. The zero-order valence-electron chi connectivity index (χ0n) is 19.0. The van der Waals surface area contributed by atoms with Gasteiger partial charge in [0.15, 0.2) is 5.65 Å². The number of phenols is 1. The molecule has 0 spiro atoms. The van der Waals surface area contributed by atoms with Crippen molar-refractivity contribution in [1.82, 2.24) is 19.7 Å². The van der Waals surface area contributed by atoms with E-state index in [0.717, 1.165) is 11.3 Å². The molecule has 2 aromatic carbocycles. The molecule has 3 N–H and O–H groups in total. The number of hydrogen-bond acceptors (Lipinski definition) is 7. The van der Waals surface area contributed by atoms with E-state index in [1.165, 1.54) is 18.5 Å². The number of hydrogen-bond donors (Lipinski definition) is 2. The number of nitrogen functional groups attached to an aromatic ring is 1. The zero-order valence-corrected chi connectivity index (χ0v) is 19.0. The standard InChI is InChI=1S/C26H24N6O3/c1-3-9-35-20-12-17(11-19(33)13-20)24-23-25(27)28-15-29-26(23)32(30-24)18-10-16-7-5-6-8-21(16)31(14-18)22(34)4-2/h3-8,11-13,15,18,33H,1-2,9-10,14H2,(H2,27,28,29). The van der Waals surface area contributed by atoms with Crippen molar-refractivity contribution < 1.29 is 14.6 Å². The van der Waals surface area contributed by atoms with Crippen molar-refractivity contribution in [2.75, 3.05) is 23.8 Å². The molecular weight excluding hydrogens is 444 g/mol. The highest BCUT2D eigenvalue weighted by Crippen LogP contribution is 2.38. The Balaban J connectivity index is 1.65. The molecule has 2 aromatic heterocycles. The number of fused-ring (bicyclic) bond motifs is 2. The van der Waals surface area contributed by atoms with Gasteiger partial charge in [0, 0.05) is 23.9 Å². The van der Waals surface area contributed by atoms with E-state index < -0.39 is 0 Å². The Morgan fingerprint density at radius 1 is 1.23 bits per heavy atom.